The van der Waals surface area contributed by atoms with Crippen molar-refractivity contribution in [1.82, 2.24) is 13.9 Å². The molecule has 0 aliphatic carbocycles. The van der Waals surface area contributed by atoms with E-state index >= 15 is 0 Å². The van der Waals surface area contributed by atoms with Crippen LogP contribution in [0.3, 0.4) is 0 Å². The lowest BCUT2D eigenvalue weighted by molar-refractivity contribution is 0.0752. The summed E-state index contributed by atoms with van der Waals surface area (Å²) in [6.45, 7) is 3.36. The van der Waals surface area contributed by atoms with Crippen molar-refractivity contribution in [3.8, 4) is 0 Å². The minimum Gasteiger partial charge on any atom is -0.377 e. The maximum absolute atomic E-state index is 12.3. The van der Waals surface area contributed by atoms with Crippen LogP contribution >= 0.6 is 0 Å². The van der Waals surface area contributed by atoms with E-state index in [2.05, 4.69) is 4.98 Å². The molecule has 1 aliphatic rings. The lowest BCUT2D eigenvalue weighted by Crippen LogP contribution is -2.36. The standard InChI is InChI=1S/C10H17N3O3S/c1-9-6-13(4-3-5-16-9)17(14,15)10-7-12(2)8-11-10/h7-9H,3-6H2,1-2H3. The monoisotopic (exact) mass is 259 g/mol. The van der Waals surface area contributed by atoms with Gasteiger partial charge >= 0.3 is 0 Å². The molecule has 0 bridgehead atoms. The summed E-state index contributed by atoms with van der Waals surface area (Å²) in [6, 6.07) is 0. The van der Waals surface area contributed by atoms with Gasteiger partial charge in [0.1, 0.15) is 0 Å². The van der Waals surface area contributed by atoms with Crippen LogP contribution in [0.25, 0.3) is 0 Å². The second kappa shape index (κ2) is 4.75. The fourth-order valence-electron chi connectivity index (χ4n) is 1.83. The van der Waals surface area contributed by atoms with Gasteiger partial charge in [-0.25, -0.2) is 13.4 Å². The molecule has 7 heteroatoms. The molecule has 1 aliphatic heterocycles. The van der Waals surface area contributed by atoms with Gasteiger partial charge in [-0.1, -0.05) is 0 Å². The van der Waals surface area contributed by atoms with E-state index in [9.17, 15) is 8.42 Å². The summed E-state index contributed by atoms with van der Waals surface area (Å²) in [6.07, 6.45) is 3.66. The Hall–Kier alpha value is -0.920. The zero-order chi connectivity index (χ0) is 12.5. The first-order valence-corrected chi connectivity index (χ1v) is 7.04. The highest BCUT2D eigenvalue weighted by Gasteiger charge is 2.29. The number of imidazole rings is 1. The molecule has 0 aromatic carbocycles. The average Bonchev–Trinajstić information content (AvgIpc) is 2.57. The maximum atomic E-state index is 12.3. The van der Waals surface area contributed by atoms with Crippen molar-refractivity contribution in [3.63, 3.8) is 0 Å². The Labute approximate surface area is 101 Å². The van der Waals surface area contributed by atoms with Gasteiger partial charge < -0.3 is 9.30 Å². The Bertz CT molecular complexity index is 483. The summed E-state index contributed by atoms with van der Waals surface area (Å²) in [5, 5.41) is 0.106. The number of sulfonamides is 1. The van der Waals surface area contributed by atoms with Crippen LogP contribution in [0.2, 0.25) is 0 Å². The summed E-state index contributed by atoms with van der Waals surface area (Å²) in [5.74, 6) is 0. The number of aryl methyl sites for hydroxylation is 1. The predicted octanol–water partition coefficient (Wildman–Crippen LogP) is 0.220. The highest BCUT2D eigenvalue weighted by atomic mass is 32.2. The van der Waals surface area contributed by atoms with E-state index < -0.39 is 10.0 Å². The molecule has 0 spiro atoms. The topological polar surface area (TPSA) is 64.4 Å². The fourth-order valence-corrected chi connectivity index (χ4v) is 3.35. The highest BCUT2D eigenvalue weighted by Crippen LogP contribution is 2.16. The Morgan fingerprint density at radius 2 is 2.29 bits per heavy atom. The number of ether oxygens (including phenoxy) is 1. The van der Waals surface area contributed by atoms with Crippen molar-refractivity contribution >= 4 is 10.0 Å². The molecule has 0 radical (unpaired) electrons. The zero-order valence-corrected chi connectivity index (χ0v) is 10.9. The average molecular weight is 259 g/mol. The molecule has 96 valence electrons. The molecule has 6 nitrogen and oxygen atoms in total. The van der Waals surface area contributed by atoms with Crippen molar-refractivity contribution in [2.75, 3.05) is 19.7 Å². The summed E-state index contributed by atoms with van der Waals surface area (Å²) >= 11 is 0. The smallest absolute Gasteiger partial charge is 0.262 e. The van der Waals surface area contributed by atoms with Gasteiger partial charge in [0.2, 0.25) is 0 Å². The van der Waals surface area contributed by atoms with Gasteiger partial charge in [-0.3, -0.25) is 0 Å². The number of hydrogen-bond donors (Lipinski definition) is 0. The molecule has 1 fully saturated rings. The summed E-state index contributed by atoms with van der Waals surface area (Å²) in [7, 11) is -1.73. The Balaban J connectivity index is 2.25. The molecule has 2 heterocycles. The molecule has 0 N–H and O–H groups in total. The summed E-state index contributed by atoms with van der Waals surface area (Å²) in [4.78, 5) is 3.91. The van der Waals surface area contributed by atoms with E-state index in [0.29, 0.717) is 19.7 Å². The van der Waals surface area contributed by atoms with Crippen LogP contribution in [-0.4, -0.2) is 48.1 Å². The SMILES string of the molecule is CC1CN(S(=O)(=O)c2cn(C)cn2)CCCO1. The van der Waals surface area contributed by atoms with E-state index in [1.54, 1.807) is 11.6 Å². The van der Waals surface area contributed by atoms with Gasteiger partial charge in [0.25, 0.3) is 10.0 Å². The second-order valence-electron chi connectivity index (χ2n) is 4.28. The highest BCUT2D eigenvalue weighted by molar-refractivity contribution is 7.89. The Morgan fingerprint density at radius 1 is 1.53 bits per heavy atom. The molecule has 2 rings (SSSR count). The number of rotatable bonds is 2. The second-order valence-corrected chi connectivity index (χ2v) is 6.16. The van der Waals surface area contributed by atoms with Gasteiger partial charge in [0.05, 0.1) is 12.4 Å². The van der Waals surface area contributed by atoms with Gasteiger partial charge in [-0.2, -0.15) is 4.31 Å². The minimum atomic E-state index is -3.48. The largest absolute Gasteiger partial charge is 0.377 e. The van der Waals surface area contributed by atoms with Crippen molar-refractivity contribution in [2.24, 2.45) is 7.05 Å². The van der Waals surface area contributed by atoms with Crippen molar-refractivity contribution in [1.29, 1.82) is 0 Å². The van der Waals surface area contributed by atoms with Crippen molar-refractivity contribution in [2.45, 2.75) is 24.5 Å². The third-order valence-corrected chi connectivity index (χ3v) is 4.45. The fraction of sp³-hybridized carbons (Fsp3) is 0.700. The lowest BCUT2D eigenvalue weighted by atomic mass is 10.4. The summed E-state index contributed by atoms with van der Waals surface area (Å²) in [5.41, 5.74) is 0. The Morgan fingerprint density at radius 3 is 2.94 bits per heavy atom. The molecule has 0 saturated carbocycles. The normalized spacial score (nSPS) is 23.5. The molecular formula is C10H17N3O3S. The first-order chi connectivity index (χ1) is 8.00. The molecule has 1 aromatic heterocycles. The predicted molar refractivity (Wildman–Crippen MR) is 62.0 cm³/mol. The third kappa shape index (κ3) is 2.67. The van der Waals surface area contributed by atoms with E-state index in [4.69, 9.17) is 4.74 Å². The Kier molecular flexibility index (Phi) is 3.50. The molecule has 1 atom stereocenters. The molecular weight excluding hydrogens is 242 g/mol. The maximum Gasteiger partial charge on any atom is 0.262 e. The lowest BCUT2D eigenvalue weighted by Gasteiger charge is -2.20. The zero-order valence-electron chi connectivity index (χ0n) is 10.0. The van der Waals surface area contributed by atoms with Crippen LogP contribution < -0.4 is 0 Å². The van der Waals surface area contributed by atoms with E-state index in [1.807, 2.05) is 6.92 Å². The van der Waals surface area contributed by atoms with Gasteiger partial charge in [0.15, 0.2) is 5.03 Å². The van der Waals surface area contributed by atoms with Crippen LogP contribution in [-0.2, 0) is 21.8 Å². The van der Waals surface area contributed by atoms with Gasteiger partial charge in [-0.05, 0) is 13.3 Å². The first-order valence-electron chi connectivity index (χ1n) is 5.60. The quantitative estimate of drug-likeness (QED) is 0.762. The molecule has 1 saturated heterocycles. The van der Waals surface area contributed by atoms with Crippen LogP contribution in [0.4, 0.5) is 0 Å². The number of nitrogens with zero attached hydrogens (tertiary/aromatic N) is 3. The minimum absolute atomic E-state index is 0.0732. The van der Waals surface area contributed by atoms with Crippen LogP contribution in [0, 0.1) is 0 Å². The van der Waals surface area contributed by atoms with Crippen molar-refractivity contribution < 1.29 is 13.2 Å². The molecule has 1 aromatic rings. The van der Waals surface area contributed by atoms with Crippen LogP contribution in [0.15, 0.2) is 17.6 Å². The molecule has 1 unspecified atom stereocenters. The van der Waals surface area contributed by atoms with Crippen LogP contribution in [0.1, 0.15) is 13.3 Å². The number of aromatic nitrogens is 2. The third-order valence-electron chi connectivity index (χ3n) is 2.70. The molecule has 0 amide bonds. The van der Waals surface area contributed by atoms with E-state index in [0.717, 1.165) is 6.42 Å². The van der Waals surface area contributed by atoms with Gasteiger partial charge in [-0.15, -0.1) is 0 Å². The summed E-state index contributed by atoms with van der Waals surface area (Å²) < 4.78 is 33.1. The van der Waals surface area contributed by atoms with Crippen LogP contribution in [0.5, 0.6) is 0 Å². The number of hydrogen-bond acceptors (Lipinski definition) is 4. The van der Waals surface area contributed by atoms with Gasteiger partial charge in [0, 0.05) is 32.9 Å². The molecule has 17 heavy (non-hydrogen) atoms. The van der Waals surface area contributed by atoms with E-state index in [1.165, 1.54) is 16.8 Å². The van der Waals surface area contributed by atoms with E-state index in [-0.39, 0.29) is 11.1 Å². The first kappa shape index (κ1) is 12.5. The van der Waals surface area contributed by atoms with Crippen molar-refractivity contribution in [3.05, 3.63) is 12.5 Å².